The zero-order valence-electron chi connectivity index (χ0n) is 7.06. The molecule has 0 aromatic rings. The van der Waals surface area contributed by atoms with Gasteiger partial charge in [0.05, 0.1) is 0 Å². The Morgan fingerprint density at radius 1 is 1.00 bits per heavy atom. The first-order valence-electron chi connectivity index (χ1n) is 3.19. The molecule has 0 radical (unpaired) electrons. The molecule has 0 aliphatic heterocycles. The zero-order chi connectivity index (χ0) is 9.33. The van der Waals surface area contributed by atoms with Gasteiger partial charge in [0.15, 0.2) is 0 Å². The van der Waals surface area contributed by atoms with Crippen molar-refractivity contribution in [2.75, 3.05) is 13.1 Å². The van der Waals surface area contributed by atoms with Crippen molar-refractivity contribution in [3.8, 4) is 0 Å². The second-order valence-corrected chi connectivity index (χ2v) is 46.8. The topological polar surface area (TPSA) is 52.0 Å². The SMILES string of the molecule is NCCCCN.[CH3][Pt]([CH3])([I])[I]. The molecule has 0 heterocycles. The quantitative estimate of drug-likeness (QED) is 0.408. The molecule has 0 rings (SSSR count). The molecule has 0 aliphatic carbocycles. The van der Waals surface area contributed by atoms with E-state index in [0.717, 1.165) is 25.9 Å². The Morgan fingerprint density at radius 2 is 1.18 bits per heavy atom. The summed E-state index contributed by atoms with van der Waals surface area (Å²) in [5, 5.41) is 4.68. The number of nitrogens with two attached hydrogens (primary N) is 2. The van der Waals surface area contributed by atoms with Crippen molar-refractivity contribution < 1.29 is 8.70 Å². The van der Waals surface area contributed by atoms with Gasteiger partial charge in [0.25, 0.3) is 0 Å². The summed E-state index contributed by atoms with van der Waals surface area (Å²) in [6.07, 6.45) is 2.13. The number of rotatable bonds is 3. The van der Waals surface area contributed by atoms with Crippen molar-refractivity contribution >= 4 is 38.7 Å². The average Bonchev–Trinajstić information content (AvgIpc) is 1.79. The average molecular weight is 567 g/mol. The van der Waals surface area contributed by atoms with Gasteiger partial charge in [0.1, 0.15) is 0 Å². The first kappa shape index (κ1) is 15.5. The Morgan fingerprint density at radius 3 is 1.27 bits per heavy atom. The van der Waals surface area contributed by atoms with E-state index in [1.54, 1.807) is 0 Å². The van der Waals surface area contributed by atoms with Crippen molar-refractivity contribution in [3.05, 3.63) is 0 Å². The molecule has 0 aliphatic rings. The van der Waals surface area contributed by atoms with Crippen LogP contribution in [0.1, 0.15) is 12.8 Å². The van der Waals surface area contributed by atoms with E-state index < -0.39 is 8.70 Å². The van der Waals surface area contributed by atoms with Gasteiger partial charge < -0.3 is 11.5 Å². The molecule has 4 N–H and O–H groups in total. The molecule has 0 atom stereocenters. The van der Waals surface area contributed by atoms with Crippen LogP contribution < -0.4 is 11.5 Å². The van der Waals surface area contributed by atoms with Crippen molar-refractivity contribution in [2.45, 2.75) is 23.5 Å². The van der Waals surface area contributed by atoms with Crippen LogP contribution in [0.3, 0.4) is 0 Å². The van der Waals surface area contributed by atoms with Crippen molar-refractivity contribution in [1.82, 2.24) is 0 Å². The van der Waals surface area contributed by atoms with Gasteiger partial charge in [-0.2, -0.15) is 0 Å². The standard InChI is InChI=1S/C4H12N2.2CH3.2HI.Pt/c5-3-1-2-4-6;;;;;/h1-6H2;2*1H3;2*1H;/q;;;;;+2/p-2. The molecule has 76 valence electrons. The summed E-state index contributed by atoms with van der Waals surface area (Å²) in [5.74, 6) is 0. The van der Waals surface area contributed by atoms with E-state index in [-0.39, 0.29) is 0 Å². The van der Waals surface area contributed by atoms with Gasteiger partial charge >= 0.3 is 58.0 Å². The van der Waals surface area contributed by atoms with E-state index in [0.29, 0.717) is 0 Å². The first-order chi connectivity index (χ1) is 4.91. The third-order valence-electron chi connectivity index (χ3n) is 0.658. The molecule has 0 aromatic heterocycles. The molecule has 0 aromatic carbocycles. The summed E-state index contributed by atoms with van der Waals surface area (Å²) in [6.45, 7) is 1.55. The van der Waals surface area contributed by atoms with Crippen LogP contribution in [0.2, 0.25) is 10.6 Å². The summed E-state index contributed by atoms with van der Waals surface area (Å²) < 4.78 is 0. The predicted molar refractivity (Wildman–Crippen MR) is 67.1 cm³/mol. The molecule has 5 heteroatoms. The minimum absolute atomic E-state index is 0.775. The monoisotopic (exact) mass is 567 g/mol. The van der Waals surface area contributed by atoms with Crippen LogP contribution in [0, 0.1) is 0 Å². The normalized spacial score (nSPS) is 11.8. The molecule has 0 saturated carbocycles. The van der Waals surface area contributed by atoms with Crippen LogP contribution in [0.25, 0.3) is 0 Å². The van der Waals surface area contributed by atoms with Crippen LogP contribution in [0.15, 0.2) is 0 Å². The molecular formula is C6H18I2N2Pt. The van der Waals surface area contributed by atoms with Gasteiger partial charge in [0, 0.05) is 0 Å². The van der Waals surface area contributed by atoms with Crippen LogP contribution >= 0.6 is 38.7 Å². The number of halogens is 2. The Hall–Kier alpha value is 2.07. The number of hydrogen-bond donors (Lipinski definition) is 2. The minimum atomic E-state index is -1.00. The predicted octanol–water partition coefficient (Wildman–Crippen LogP) is 2.62. The number of hydrogen-bond acceptors (Lipinski definition) is 2. The maximum absolute atomic E-state index is 5.16. The molecule has 0 bridgehead atoms. The van der Waals surface area contributed by atoms with Gasteiger partial charge in [-0.25, -0.2) is 0 Å². The fraction of sp³-hybridized carbons (Fsp3) is 1.00. The third-order valence-corrected chi connectivity index (χ3v) is 0.658. The van der Waals surface area contributed by atoms with Crippen molar-refractivity contribution in [1.29, 1.82) is 0 Å². The van der Waals surface area contributed by atoms with Crippen LogP contribution in [0.4, 0.5) is 0 Å². The summed E-state index contributed by atoms with van der Waals surface area (Å²) in [6, 6.07) is 0. The van der Waals surface area contributed by atoms with E-state index in [9.17, 15) is 0 Å². The molecule has 0 fully saturated rings. The Kier molecular flexibility index (Phi) is 14.3. The van der Waals surface area contributed by atoms with Crippen molar-refractivity contribution in [3.63, 3.8) is 0 Å². The molecule has 0 saturated heterocycles. The summed E-state index contributed by atoms with van der Waals surface area (Å²) in [7, 11) is -1.00. The van der Waals surface area contributed by atoms with E-state index in [1.807, 2.05) is 0 Å². The van der Waals surface area contributed by atoms with Gasteiger partial charge in [-0.3, -0.25) is 0 Å². The summed E-state index contributed by atoms with van der Waals surface area (Å²) >= 11 is 5.09. The van der Waals surface area contributed by atoms with Gasteiger partial charge in [-0.15, -0.1) is 0 Å². The second-order valence-electron chi connectivity index (χ2n) is 2.12. The van der Waals surface area contributed by atoms with E-state index in [4.69, 9.17) is 11.5 Å². The van der Waals surface area contributed by atoms with Crippen LogP contribution in [0.5, 0.6) is 0 Å². The molecule has 0 unspecified atom stereocenters. The molecule has 11 heavy (non-hydrogen) atoms. The Bertz CT molecular complexity index is 65.5. The second kappa shape index (κ2) is 10.2. The summed E-state index contributed by atoms with van der Waals surface area (Å²) in [5.41, 5.74) is 10.3. The molecule has 2 nitrogen and oxygen atoms in total. The zero-order valence-corrected chi connectivity index (χ0v) is 13.6. The van der Waals surface area contributed by atoms with Gasteiger partial charge in [0.2, 0.25) is 0 Å². The molecule has 0 amide bonds. The fourth-order valence-electron chi connectivity index (χ4n) is 0.289. The maximum atomic E-state index is 5.16. The van der Waals surface area contributed by atoms with E-state index in [1.165, 1.54) is 0 Å². The van der Waals surface area contributed by atoms with Gasteiger partial charge in [-0.05, 0) is 25.9 Å². The Labute approximate surface area is 94.1 Å². The van der Waals surface area contributed by atoms with Gasteiger partial charge in [-0.1, -0.05) is 0 Å². The molecular weight excluding hydrogens is 549 g/mol. The van der Waals surface area contributed by atoms with E-state index >= 15 is 0 Å². The first-order valence-corrected chi connectivity index (χ1v) is 20.6. The third kappa shape index (κ3) is 47.6. The molecule has 0 spiro atoms. The van der Waals surface area contributed by atoms with Crippen LogP contribution in [-0.4, -0.2) is 13.1 Å². The fourth-order valence-corrected chi connectivity index (χ4v) is 0.289. The summed E-state index contributed by atoms with van der Waals surface area (Å²) in [4.78, 5) is 0. The number of unbranched alkanes of at least 4 members (excludes halogenated alkanes) is 1. The Balaban J connectivity index is 0. The van der Waals surface area contributed by atoms with Crippen molar-refractivity contribution in [2.24, 2.45) is 11.5 Å². The van der Waals surface area contributed by atoms with Crippen LogP contribution in [-0.2, 0) is 8.70 Å². The van der Waals surface area contributed by atoms with E-state index in [2.05, 4.69) is 49.3 Å².